The molecule has 4 heteroatoms. The number of aromatic nitrogens is 1. The van der Waals surface area contributed by atoms with E-state index in [0.29, 0.717) is 4.75 Å². The van der Waals surface area contributed by atoms with Crippen molar-refractivity contribution in [1.82, 2.24) is 4.98 Å². The van der Waals surface area contributed by atoms with Gasteiger partial charge >= 0.3 is 0 Å². The summed E-state index contributed by atoms with van der Waals surface area (Å²) in [6.07, 6.45) is 1.38. The monoisotopic (exact) mass is 252 g/mol. The normalized spacial score (nSPS) is 21.3. The fraction of sp³-hybridized carbons (Fsp3) is 0.615. The minimum atomic E-state index is -0.489. The zero-order valence-electron chi connectivity index (χ0n) is 10.7. The zero-order valence-corrected chi connectivity index (χ0v) is 11.5. The van der Waals surface area contributed by atoms with Crippen LogP contribution in [-0.4, -0.2) is 33.7 Å². The average Bonchev–Trinajstić information content (AvgIpc) is 2.28. The van der Waals surface area contributed by atoms with Crippen LogP contribution in [0.3, 0.4) is 0 Å². The Bertz CT molecular complexity index is 376. The Morgan fingerprint density at radius 2 is 2.24 bits per heavy atom. The largest absolute Gasteiger partial charge is 0.387 e. The molecule has 0 amide bonds. The smallest absolute Gasteiger partial charge is 0.0931 e. The van der Waals surface area contributed by atoms with Crippen molar-refractivity contribution in [3.05, 3.63) is 24.0 Å². The Morgan fingerprint density at radius 3 is 2.76 bits per heavy atom. The predicted octanol–water partition coefficient (Wildman–Crippen LogP) is 2.47. The zero-order chi connectivity index (χ0) is 12.5. The summed E-state index contributed by atoms with van der Waals surface area (Å²) in [7, 11) is 0. The maximum absolute atomic E-state index is 9.43. The van der Waals surface area contributed by atoms with E-state index in [1.807, 2.05) is 24.0 Å². The van der Waals surface area contributed by atoms with E-state index in [9.17, 15) is 5.11 Å². The number of aliphatic hydroxyl groups is 1. The summed E-state index contributed by atoms with van der Waals surface area (Å²) in [5.74, 6) is 1.16. The molecular weight excluding hydrogens is 232 g/mol. The Morgan fingerprint density at radius 1 is 1.47 bits per heavy atom. The molecule has 2 rings (SSSR count). The summed E-state index contributed by atoms with van der Waals surface area (Å²) in [6, 6.07) is 3.97. The number of pyridine rings is 1. The van der Waals surface area contributed by atoms with E-state index in [0.717, 1.165) is 30.2 Å². The Balaban J connectivity index is 2.12. The summed E-state index contributed by atoms with van der Waals surface area (Å²) in [6.45, 7) is 8.42. The van der Waals surface area contributed by atoms with Crippen molar-refractivity contribution in [2.45, 2.75) is 31.6 Å². The summed E-state index contributed by atoms with van der Waals surface area (Å²) >= 11 is 2.02. The van der Waals surface area contributed by atoms with Crippen LogP contribution in [0.5, 0.6) is 0 Å². The van der Waals surface area contributed by atoms with Crippen molar-refractivity contribution < 1.29 is 5.11 Å². The number of hydrogen-bond donors (Lipinski definition) is 1. The molecule has 1 N–H and O–H groups in total. The van der Waals surface area contributed by atoms with Crippen molar-refractivity contribution in [2.75, 3.05) is 23.7 Å². The van der Waals surface area contributed by atoms with E-state index in [1.165, 1.54) is 0 Å². The second-order valence-electron chi connectivity index (χ2n) is 5.15. The molecule has 1 aromatic heterocycles. The van der Waals surface area contributed by atoms with Crippen molar-refractivity contribution in [3.8, 4) is 0 Å². The van der Waals surface area contributed by atoms with Gasteiger partial charge in [0.25, 0.3) is 0 Å². The lowest BCUT2D eigenvalue weighted by molar-refractivity contribution is 0.194. The molecule has 2 heterocycles. The van der Waals surface area contributed by atoms with Crippen molar-refractivity contribution in [1.29, 1.82) is 0 Å². The molecule has 0 radical (unpaired) electrons. The molecule has 0 saturated carbocycles. The second kappa shape index (κ2) is 4.86. The molecule has 0 aliphatic carbocycles. The fourth-order valence-corrected chi connectivity index (χ4v) is 3.18. The molecule has 1 atom stereocenters. The van der Waals surface area contributed by atoms with Crippen LogP contribution >= 0.6 is 11.8 Å². The number of thioether (sulfide) groups is 1. The minimum Gasteiger partial charge on any atom is -0.387 e. The molecular formula is C13H20N2OS. The van der Waals surface area contributed by atoms with E-state index < -0.39 is 6.10 Å². The van der Waals surface area contributed by atoms with E-state index in [1.54, 1.807) is 6.92 Å². The van der Waals surface area contributed by atoms with Crippen LogP contribution in [-0.2, 0) is 0 Å². The highest BCUT2D eigenvalue weighted by atomic mass is 32.2. The van der Waals surface area contributed by atoms with Gasteiger partial charge in [0.2, 0.25) is 0 Å². The molecule has 0 bridgehead atoms. The fourth-order valence-electron chi connectivity index (χ4n) is 2.07. The minimum absolute atomic E-state index is 0.307. The molecule has 1 aliphatic rings. The first-order valence-electron chi connectivity index (χ1n) is 6.01. The van der Waals surface area contributed by atoms with Crippen LogP contribution in [0.25, 0.3) is 0 Å². The SMILES string of the molecule is CC(O)c1ccc(N2CCSC(C)(C)C2)cn1. The Kier molecular flexibility index (Phi) is 3.64. The summed E-state index contributed by atoms with van der Waals surface area (Å²) in [5.41, 5.74) is 1.89. The molecule has 1 fully saturated rings. The van der Waals surface area contributed by atoms with Gasteiger partial charge in [-0.05, 0) is 32.9 Å². The third-order valence-electron chi connectivity index (χ3n) is 2.99. The van der Waals surface area contributed by atoms with E-state index in [2.05, 4.69) is 29.8 Å². The Hall–Kier alpha value is -0.740. The van der Waals surface area contributed by atoms with Gasteiger partial charge in [-0.15, -0.1) is 0 Å². The third-order valence-corrected chi connectivity index (χ3v) is 4.29. The number of hydrogen-bond acceptors (Lipinski definition) is 4. The van der Waals surface area contributed by atoms with Gasteiger partial charge in [-0.25, -0.2) is 0 Å². The van der Waals surface area contributed by atoms with E-state index in [4.69, 9.17) is 0 Å². The lowest BCUT2D eigenvalue weighted by atomic mass is 10.1. The highest BCUT2D eigenvalue weighted by Gasteiger charge is 2.27. The van der Waals surface area contributed by atoms with Gasteiger partial charge in [0.05, 0.1) is 23.7 Å². The van der Waals surface area contributed by atoms with Gasteiger partial charge in [-0.1, -0.05) is 0 Å². The van der Waals surface area contributed by atoms with Gasteiger partial charge in [-0.2, -0.15) is 11.8 Å². The summed E-state index contributed by atoms with van der Waals surface area (Å²) < 4.78 is 0.307. The van der Waals surface area contributed by atoms with Gasteiger partial charge in [0.1, 0.15) is 0 Å². The van der Waals surface area contributed by atoms with Crippen LogP contribution in [0, 0.1) is 0 Å². The summed E-state index contributed by atoms with van der Waals surface area (Å²) in [4.78, 5) is 6.67. The van der Waals surface area contributed by atoms with Crippen LogP contribution in [0.1, 0.15) is 32.6 Å². The second-order valence-corrected chi connectivity index (χ2v) is 6.95. The molecule has 1 aromatic rings. The molecule has 1 aliphatic heterocycles. The van der Waals surface area contributed by atoms with Gasteiger partial charge in [0.15, 0.2) is 0 Å². The highest BCUT2D eigenvalue weighted by Crippen LogP contribution is 2.32. The first-order valence-corrected chi connectivity index (χ1v) is 6.99. The lowest BCUT2D eigenvalue weighted by Crippen LogP contribution is -2.43. The Labute approximate surface area is 107 Å². The van der Waals surface area contributed by atoms with Crippen LogP contribution in [0.2, 0.25) is 0 Å². The molecule has 0 aromatic carbocycles. The van der Waals surface area contributed by atoms with Crippen LogP contribution < -0.4 is 4.90 Å². The quantitative estimate of drug-likeness (QED) is 0.877. The summed E-state index contributed by atoms with van der Waals surface area (Å²) in [5, 5.41) is 9.43. The van der Waals surface area contributed by atoms with Gasteiger partial charge in [0, 0.05) is 23.6 Å². The molecule has 1 unspecified atom stereocenters. The van der Waals surface area contributed by atoms with Crippen molar-refractivity contribution >= 4 is 17.4 Å². The highest BCUT2D eigenvalue weighted by molar-refractivity contribution is 8.00. The topological polar surface area (TPSA) is 36.4 Å². The molecule has 17 heavy (non-hydrogen) atoms. The van der Waals surface area contributed by atoms with Crippen molar-refractivity contribution in [3.63, 3.8) is 0 Å². The lowest BCUT2D eigenvalue weighted by Gasteiger charge is -2.38. The number of nitrogens with zero attached hydrogens (tertiary/aromatic N) is 2. The standard InChI is InChI=1S/C13H20N2OS/c1-10(16)12-5-4-11(8-14-12)15-6-7-17-13(2,3)9-15/h4-5,8,10,16H,6-7,9H2,1-3H3. The van der Waals surface area contributed by atoms with Crippen LogP contribution in [0.4, 0.5) is 5.69 Å². The average molecular weight is 252 g/mol. The molecule has 0 spiro atoms. The van der Waals surface area contributed by atoms with E-state index >= 15 is 0 Å². The molecule has 1 saturated heterocycles. The number of anilines is 1. The first-order chi connectivity index (χ1) is 7.98. The number of aliphatic hydroxyl groups excluding tert-OH is 1. The molecule has 94 valence electrons. The number of rotatable bonds is 2. The third kappa shape index (κ3) is 3.13. The first kappa shape index (κ1) is 12.7. The predicted molar refractivity (Wildman–Crippen MR) is 73.6 cm³/mol. The van der Waals surface area contributed by atoms with Crippen LogP contribution in [0.15, 0.2) is 18.3 Å². The van der Waals surface area contributed by atoms with Crippen molar-refractivity contribution in [2.24, 2.45) is 0 Å². The van der Waals surface area contributed by atoms with Gasteiger partial charge in [-0.3, -0.25) is 4.98 Å². The maximum Gasteiger partial charge on any atom is 0.0931 e. The van der Waals surface area contributed by atoms with Gasteiger partial charge < -0.3 is 10.0 Å². The maximum atomic E-state index is 9.43. The van der Waals surface area contributed by atoms with E-state index in [-0.39, 0.29) is 0 Å². The molecule has 3 nitrogen and oxygen atoms in total.